The van der Waals surface area contributed by atoms with Gasteiger partial charge in [-0.3, -0.25) is 13.9 Å². The molecule has 2 amide bonds. The van der Waals surface area contributed by atoms with Crippen LogP contribution in [0.5, 0.6) is 0 Å². The maximum atomic E-state index is 13.4. The highest BCUT2D eigenvalue weighted by Gasteiger charge is 2.28. The van der Waals surface area contributed by atoms with E-state index in [0.717, 1.165) is 23.1 Å². The van der Waals surface area contributed by atoms with Gasteiger partial charge in [-0.15, -0.1) is 0 Å². The minimum Gasteiger partial charge on any atom is -0.354 e. The summed E-state index contributed by atoms with van der Waals surface area (Å²) >= 11 is 0. The van der Waals surface area contributed by atoms with Gasteiger partial charge in [0.05, 0.1) is 11.9 Å². The van der Waals surface area contributed by atoms with Crippen LogP contribution in [0.15, 0.2) is 48.5 Å². The molecule has 2 aromatic carbocycles. The van der Waals surface area contributed by atoms with Crippen molar-refractivity contribution < 1.29 is 18.0 Å². The lowest BCUT2D eigenvalue weighted by Gasteiger charge is -2.31. The van der Waals surface area contributed by atoms with Gasteiger partial charge in [0.2, 0.25) is 21.8 Å². The van der Waals surface area contributed by atoms with E-state index in [0.29, 0.717) is 38.0 Å². The third kappa shape index (κ3) is 8.66. The number of sulfonamides is 1. The number of benzene rings is 2. The summed E-state index contributed by atoms with van der Waals surface area (Å²) in [6.45, 7) is 9.00. The number of amides is 2. The maximum absolute atomic E-state index is 13.4. The van der Waals surface area contributed by atoms with Crippen LogP contribution in [0, 0.1) is 13.8 Å². The van der Waals surface area contributed by atoms with Gasteiger partial charge >= 0.3 is 0 Å². The van der Waals surface area contributed by atoms with Crippen LogP contribution in [-0.4, -0.2) is 57.1 Å². The van der Waals surface area contributed by atoms with Crippen molar-refractivity contribution in [2.75, 3.05) is 30.2 Å². The normalized spacial score (nSPS) is 12.1. The van der Waals surface area contributed by atoms with Gasteiger partial charge in [0, 0.05) is 26.1 Å². The molecule has 7 nitrogen and oxygen atoms in total. The fourth-order valence-electron chi connectivity index (χ4n) is 4.15. The van der Waals surface area contributed by atoms with Gasteiger partial charge in [0.1, 0.15) is 6.04 Å². The average Bonchev–Trinajstić information content (AvgIpc) is 2.84. The molecule has 1 atom stereocenters. The molecule has 0 aliphatic rings. The van der Waals surface area contributed by atoms with Gasteiger partial charge < -0.3 is 10.2 Å². The number of anilines is 1. The molecule has 0 radical (unpaired) electrons. The minimum atomic E-state index is -3.51. The van der Waals surface area contributed by atoms with Gasteiger partial charge in [-0.25, -0.2) is 8.42 Å². The Morgan fingerprint density at radius 1 is 0.972 bits per heavy atom. The highest BCUT2D eigenvalue weighted by molar-refractivity contribution is 7.92. The number of carbonyl (C=O) groups is 2. The van der Waals surface area contributed by atoms with E-state index in [4.69, 9.17) is 0 Å². The van der Waals surface area contributed by atoms with Crippen molar-refractivity contribution in [3.63, 3.8) is 0 Å². The Morgan fingerprint density at radius 3 is 2.25 bits per heavy atom. The Morgan fingerprint density at radius 2 is 1.67 bits per heavy atom. The molecular formula is C28H41N3O4S. The number of carbonyl (C=O) groups excluding carboxylic acids is 2. The zero-order valence-electron chi connectivity index (χ0n) is 22.3. The Labute approximate surface area is 216 Å². The predicted octanol–water partition coefficient (Wildman–Crippen LogP) is 4.23. The van der Waals surface area contributed by atoms with Gasteiger partial charge in [0.15, 0.2) is 0 Å². The van der Waals surface area contributed by atoms with Gasteiger partial charge in [-0.05, 0) is 68.4 Å². The molecule has 0 fully saturated rings. The summed E-state index contributed by atoms with van der Waals surface area (Å²) < 4.78 is 26.4. The first-order valence-electron chi connectivity index (χ1n) is 12.7. The lowest BCUT2D eigenvalue weighted by molar-refractivity contribution is -0.140. The summed E-state index contributed by atoms with van der Waals surface area (Å²) in [6.07, 6.45) is 3.66. The molecule has 1 N–H and O–H groups in total. The molecule has 0 aromatic heterocycles. The smallest absolute Gasteiger partial charge is 0.242 e. The zero-order chi connectivity index (χ0) is 26.7. The molecular weight excluding hydrogens is 474 g/mol. The fraction of sp³-hybridized carbons (Fsp3) is 0.500. The molecule has 2 rings (SSSR count). The van der Waals surface area contributed by atoms with E-state index in [1.165, 1.54) is 10.6 Å². The molecule has 2 aromatic rings. The molecule has 36 heavy (non-hydrogen) atoms. The topological polar surface area (TPSA) is 86.8 Å². The zero-order valence-corrected chi connectivity index (χ0v) is 23.1. The van der Waals surface area contributed by atoms with Gasteiger partial charge in [-0.2, -0.15) is 0 Å². The quantitative estimate of drug-likeness (QED) is 0.408. The first-order chi connectivity index (χ1) is 17.1. The monoisotopic (exact) mass is 515 g/mol. The van der Waals surface area contributed by atoms with E-state index in [1.54, 1.807) is 11.0 Å². The van der Waals surface area contributed by atoms with E-state index < -0.39 is 16.1 Å². The molecule has 0 aliphatic heterocycles. The van der Waals surface area contributed by atoms with Crippen LogP contribution in [0.2, 0.25) is 0 Å². The van der Waals surface area contributed by atoms with Crippen LogP contribution in [0.3, 0.4) is 0 Å². The van der Waals surface area contributed by atoms with Crippen LogP contribution in [0.25, 0.3) is 0 Å². The van der Waals surface area contributed by atoms with Crippen LogP contribution < -0.4 is 9.62 Å². The van der Waals surface area contributed by atoms with Crippen molar-refractivity contribution in [1.82, 2.24) is 10.2 Å². The third-order valence-electron chi connectivity index (χ3n) is 6.35. The standard InChI is InChI=1S/C28H41N3O4S/c1-6-18-29-28(33)26(7-2)30(20-17-24-12-9-8-10-13-24)27(32)14-11-19-31(36(5,34)35)25-16-15-22(3)23(4)21-25/h8-10,12-13,15-16,21,26H,6-7,11,14,17-20H2,1-5H3,(H,29,33)/t26-/m0/s1. The van der Waals surface area contributed by atoms with E-state index in [-0.39, 0.29) is 24.8 Å². The Hall–Kier alpha value is -2.87. The van der Waals surface area contributed by atoms with Crippen molar-refractivity contribution in [3.05, 3.63) is 65.2 Å². The highest BCUT2D eigenvalue weighted by atomic mass is 32.2. The molecule has 198 valence electrons. The maximum Gasteiger partial charge on any atom is 0.242 e. The van der Waals surface area contributed by atoms with E-state index >= 15 is 0 Å². The molecule has 0 unspecified atom stereocenters. The number of nitrogens with one attached hydrogen (secondary N) is 1. The SMILES string of the molecule is CCCNC(=O)[C@H](CC)N(CCc1ccccc1)C(=O)CCCN(c1ccc(C)c(C)c1)S(C)(=O)=O. The number of hydrogen-bond donors (Lipinski definition) is 1. The van der Waals surface area contributed by atoms with E-state index in [1.807, 2.05) is 70.2 Å². The molecule has 0 aliphatic carbocycles. The summed E-state index contributed by atoms with van der Waals surface area (Å²) in [6, 6.07) is 14.9. The molecule has 0 saturated heterocycles. The second-order valence-corrected chi connectivity index (χ2v) is 11.2. The average molecular weight is 516 g/mol. The summed E-state index contributed by atoms with van der Waals surface area (Å²) in [5, 5.41) is 2.92. The van der Waals surface area contributed by atoms with Crippen LogP contribution in [0.4, 0.5) is 5.69 Å². The van der Waals surface area contributed by atoms with Crippen molar-refractivity contribution in [2.24, 2.45) is 0 Å². The van der Waals surface area contributed by atoms with Crippen molar-refractivity contribution in [1.29, 1.82) is 0 Å². The van der Waals surface area contributed by atoms with Gasteiger partial charge in [-0.1, -0.05) is 50.2 Å². The van der Waals surface area contributed by atoms with Crippen LogP contribution in [0.1, 0.15) is 56.2 Å². The third-order valence-corrected chi connectivity index (χ3v) is 7.54. The Bertz CT molecular complexity index is 1100. The molecule has 0 bridgehead atoms. The van der Waals surface area contributed by atoms with Crippen molar-refractivity contribution >= 4 is 27.5 Å². The summed E-state index contributed by atoms with van der Waals surface area (Å²) in [5.41, 5.74) is 3.79. The van der Waals surface area contributed by atoms with Crippen molar-refractivity contribution in [3.8, 4) is 0 Å². The lowest BCUT2D eigenvalue weighted by Crippen LogP contribution is -2.50. The Kier molecular flexibility index (Phi) is 11.4. The predicted molar refractivity (Wildman–Crippen MR) is 147 cm³/mol. The van der Waals surface area contributed by atoms with E-state index in [2.05, 4.69) is 5.32 Å². The summed E-state index contributed by atoms with van der Waals surface area (Å²) in [5.74, 6) is -0.286. The summed E-state index contributed by atoms with van der Waals surface area (Å²) in [7, 11) is -3.51. The Balaban J connectivity index is 2.15. The number of hydrogen-bond acceptors (Lipinski definition) is 4. The summed E-state index contributed by atoms with van der Waals surface area (Å²) in [4.78, 5) is 27.9. The largest absolute Gasteiger partial charge is 0.354 e. The molecule has 8 heteroatoms. The molecule has 0 heterocycles. The highest BCUT2D eigenvalue weighted by Crippen LogP contribution is 2.22. The number of rotatable bonds is 14. The lowest BCUT2D eigenvalue weighted by atomic mass is 10.1. The first-order valence-corrected chi connectivity index (χ1v) is 14.6. The first kappa shape index (κ1) is 29.4. The molecule has 0 spiro atoms. The molecule has 0 saturated carbocycles. The van der Waals surface area contributed by atoms with Crippen LogP contribution in [-0.2, 0) is 26.0 Å². The second kappa shape index (κ2) is 14.0. The number of nitrogens with zero attached hydrogens (tertiary/aromatic N) is 2. The van der Waals surface area contributed by atoms with Crippen LogP contribution >= 0.6 is 0 Å². The fourth-order valence-corrected chi connectivity index (χ4v) is 5.10. The van der Waals surface area contributed by atoms with Crippen molar-refractivity contribution in [2.45, 2.75) is 65.8 Å². The minimum absolute atomic E-state index is 0.141. The van der Waals surface area contributed by atoms with E-state index in [9.17, 15) is 18.0 Å². The number of aryl methyl sites for hydroxylation is 2. The second-order valence-electron chi connectivity index (χ2n) is 9.25. The van der Waals surface area contributed by atoms with Gasteiger partial charge in [0.25, 0.3) is 0 Å².